The highest BCUT2D eigenvalue weighted by Crippen LogP contribution is 2.51. The van der Waals surface area contributed by atoms with Gasteiger partial charge in [-0.05, 0) is 144 Å². The molecule has 0 saturated carbocycles. The number of hydrogen-bond acceptors (Lipinski definition) is 0. The molecule has 0 heteroatoms. The maximum absolute atomic E-state index is 2.45. The Morgan fingerprint density at radius 2 is 0.691 bits per heavy atom. The van der Waals surface area contributed by atoms with E-state index in [-0.39, 0.29) is 10.8 Å². The number of hydrogen-bond donors (Lipinski definition) is 0. The van der Waals surface area contributed by atoms with Gasteiger partial charge < -0.3 is 0 Å². The summed E-state index contributed by atoms with van der Waals surface area (Å²) in [5.74, 6) is 0. The van der Waals surface area contributed by atoms with Crippen LogP contribution in [0.15, 0.2) is 164 Å². The van der Waals surface area contributed by atoms with Gasteiger partial charge >= 0.3 is 0 Å². The van der Waals surface area contributed by atoms with Crippen molar-refractivity contribution in [1.29, 1.82) is 0 Å². The van der Waals surface area contributed by atoms with Gasteiger partial charge in [0.05, 0.1) is 0 Å². The van der Waals surface area contributed by atoms with Gasteiger partial charge in [-0.3, -0.25) is 0 Å². The molecule has 55 heavy (non-hydrogen) atoms. The van der Waals surface area contributed by atoms with Gasteiger partial charge in [0.1, 0.15) is 0 Å². The maximum Gasteiger partial charge on any atom is 0.0159 e. The predicted octanol–water partition coefficient (Wildman–Crippen LogP) is 15.5. The second-order valence-electron chi connectivity index (χ2n) is 17.3. The van der Waals surface area contributed by atoms with E-state index in [0.29, 0.717) is 0 Å². The third-order valence-electron chi connectivity index (χ3n) is 12.8. The zero-order valence-corrected chi connectivity index (χ0v) is 32.1. The quantitative estimate of drug-likeness (QED) is 0.157. The van der Waals surface area contributed by atoms with Crippen molar-refractivity contribution < 1.29 is 0 Å². The Balaban J connectivity index is 1.03. The summed E-state index contributed by atoms with van der Waals surface area (Å²) in [6.45, 7) is 11.7. The molecule has 0 unspecified atom stereocenters. The summed E-state index contributed by atoms with van der Waals surface area (Å²) < 4.78 is 0. The lowest BCUT2D eigenvalue weighted by Gasteiger charge is -2.25. The molecule has 0 fully saturated rings. The first kappa shape index (κ1) is 32.2. The van der Waals surface area contributed by atoms with Crippen molar-refractivity contribution >= 4 is 64.6 Å². The van der Waals surface area contributed by atoms with E-state index in [2.05, 4.69) is 198 Å². The second-order valence-corrected chi connectivity index (χ2v) is 17.3. The molecule has 10 aromatic rings. The molecule has 0 aliphatic heterocycles. The van der Waals surface area contributed by atoms with Crippen molar-refractivity contribution in [3.63, 3.8) is 0 Å². The van der Waals surface area contributed by atoms with Gasteiger partial charge in [0.2, 0.25) is 0 Å². The fourth-order valence-corrected chi connectivity index (χ4v) is 9.70. The molecule has 1 aliphatic carbocycles. The second kappa shape index (κ2) is 11.4. The summed E-state index contributed by atoms with van der Waals surface area (Å²) >= 11 is 0. The minimum absolute atomic E-state index is 0.0615. The van der Waals surface area contributed by atoms with Gasteiger partial charge in [-0.2, -0.15) is 0 Å². The summed E-state index contributed by atoms with van der Waals surface area (Å²) in [5, 5.41) is 15.5. The molecule has 0 amide bonds. The standard InChI is InChI=1S/C55H42/c1-54(2,3)39-22-27-48-47-26-21-38(31-52(47)55(4,5)53(48)32-39)36-17-15-34-19-23-44-45(50(34)29-36)24-18-33-14-16-35(28-49(33)44)37-20-25-46-42-12-7-6-10-40(42)41-11-8-9-13-43(41)51(46)30-37/h6-32H,1-5H3. The largest absolute Gasteiger partial charge is 0.0616 e. The molecule has 0 saturated heterocycles. The van der Waals surface area contributed by atoms with Crippen LogP contribution in [0.4, 0.5) is 0 Å². The van der Waals surface area contributed by atoms with Crippen LogP contribution in [0.3, 0.4) is 0 Å². The lowest BCUT2D eigenvalue weighted by Crippen LogP contribution is -2.17. The van der Waals surface area contributed by atoms with Crippen molar-refractivity contribution in [1.82, 2.24) is 0 Å². The van der Waals surface area contributed by atoms with Gasteiger partial charge in [0.15, 0.2) is 0 Å². The molecule has 0 aromatic heterocycles. The summed E-state index contributed by atoms with van der Waals surface area (Å²) in [7, 11) is 0. The minimum atomic E-state index is -0.0615. The van der Waals surface area contributed by atoms with Crippen molar-refractivity contribution in [3.05, 3.63) is 180 Å². The molecule has 0 nitrogen and oxygen atoms in total. The van der Waals surface area contributed by atoms with Crippen LogP contribution in [0.5, 0.6) is 0 Å². The van der Waals surface area contributed by atoms with E-state index >= 15 is 0 Å². The molecule has 11 rings (SSSR count). The van der Waals surface area contributed by atoms with Crippen molar-refractivity contribution in [3.8, 4) is 33.4 Å². The molecule has 0 bridgehead atoms. The van der Waals surface area contributed by atoms with Crippen molar-refractivity contribution in [2.75, 3.05) is 0 Å². The lowest BCUT2D eigenvalue weighted by atomic mass is 9.78. The van der Waals surface area contributed by atoms with Crippen LogP contribution in [0.1, 0.15) is 51.3 Å². The summed E-state index contributed by atoms with van der Waals surface area (Å²) in [5.41, 5.74) is 12.1. The average Bonchev–Trinajstić information content (AvgIpc) is 3.44. The van der Waals surface area contributed by atoms with Crippen LogP contribution < -0.4 is 0 Å². The lowest BCUT2D eigenvalue weighted by molar-refractivity contribution is 0.584. The highest BCUT2D eigenvalue weighted by atomic mass is 14.4. The van der Waals surface area contributed by atoms with E-state index in [1.165, 1.54) is 115 Å². The molecule has 0 N–H and O–H groups in total. The normalized spacial score (nSPS) is 13.7. The Labute approximate surface area is 322 Å². The van der Waals surface area contributed by atoms with E-state index in [1.807, 2.05) is 0 Å². The van der Waals surface area contributed by atoms with Gasteiger partial charge in [-0.25, -0.2) is 0 Å². The summed E-state index contributed by atoms with van der Waals surface area (Å²) in [4.78, 5) is 0. The van der Waals surface area contributed by atoms with Gasteiger partial charge in [-0.1, -0.05) is 174 Å². The molecular formula is C55H42. The van der Waals surface area contributed by atoms with E-state index in [0.717, 1.165) is 0 Å². The molecule has 262 valence electrons. The fourth-order valence-electron chi connectivity index (χ4n) is 9.70. The summed E-state index contributed by atoms with van der Waals surface area (Å²) in [6.07, 6.45) is 0. The first-order chi connectivity index (χ1) is 26.6. The topological polar surface area (TPSA) is 0 Å². The van der Waals surface area contributed by atoms with Crippen molar-refractivity contribution in [2.24, 2.45) is 0 Å². The maximum atomic E-state index is 2.45. The van der Waals surface area contributed by atoms with Gasteiger partial charge in [0.25, 0.3) is 0 Å². The Bertz CT molecular complexity index is 3220. The predicted molar refractivity (Wildman–Crippen MR) is 239 cm³/mol. The van der Waals surface area contributed by atoms with Crippen LogP contribution >= 0.6 is 0 Å². The SMILES string of the molecule is CC(C)(C)c1ccc2c(c1)C(C)(C)c1cc(-c3ccc4ccc5c6cc(-c7ccc8c9ccccc9c9ccccc9c8c7)ccc6ccc5c4c3)ccc1-2. The van der Waals surface area contributed by atoms with Gasteiger partial charge in [-0.15, -0.1) is 0 Å². The highest BCUT2D eigenvalue weighted by molar-refractivity contribution is 6.26. The Morgan fingerprint density at radius 3 is 1.24 bits per heavy atom. The molecule has 1 aliphatic rings. The summed E-state index contributed by atoms with van der Waals surface area (Å²) in [6, 6.07) is 62.2. The van der Waals surface area contributed by atoms with Crippen molar-refractivity contribution in [2.45, 2.75) is 45.4 Å². The molecule has 0 radical (unpaired) electrons. The van der Waals surface area contributed by atoms with E-state index in [1.54, 1.807) is 0 Å². The zero-order chi connectivity index (χ0) is 37.2. The first-order valence-corrected chi connectivity index (χ1v) is 19.7. The minimum Gasteiger partial charge on any atom is -0.0616 e. The molecule has 0 spiro atoms. The number of rotatable bonds is 2. The molecule has 0 heterocycles. The van der Waals surface area contributed by atoms with Crippen LogP contribution in [-0.4, -0.2) is 0 Å². The van der Waals surface area contributed by atoms with Crippen LogP contribution in [0, 0.1) is 0 Å². The zero-order valence-electron chi connectivity index (χ0n) is 32.1. The van der Waals surface area contributed by atoms with Crippen LogP contribution in [-0.2, 0) is 10.8 Å². The Morgan fingerprint density at radius 1 is 0.327 bits per heavy atom. The van der Waals surface area contributed by atoms with Gasteiger partial charge in [0, 0.05) is 5.41 Å². The Hall–Kier alpha value is -6.24. The third-order valence-corrected chi connectivity index (χ3v) is 12.8. The average molecular weight is 703 g/mol. The number of benzene rings is 10. The van der Waals surface area contributed by atoms with E-state index in [4.69, 9.17) is 0 Å². The van der Waals surface area contributed by atoms with E-state index in [9.17, 15) is 0 Å². The number of fused-ring (bicyclic) bond motifs is 14. The van der Waals surface area contributed by atoms with Crippen LogP contribution in [0.25, 0.3) is 98.0 Å². The van der Waals surface area contributed by atoms with Crippen LogP contribution in [0.2, 0.25) is 0 Å². The third kappa shape index (κ3) is 4.77. The first-order valence-electron chi connectivity index (χ1n) is 19.7. The van der Waals surface area contributed by atoms with E-state index < -0.39 is 0 Å². The fraction of sp³-hybridized carbons (Fsp3) is 0.127. The molecular weight excluding hydrogens is 661 g/mol. The highest BCUT2D eigenvalue weighted by Gasteiger charge is 2.36. The molecule has 10 aromatic carbocycles. The monoisotopic (exact) mass is 702 g/mol. The Kier molecular flexibility index (Phi) is 6.67. The smallest absolute Gasteiger partial charge is 0.0159 e. The molecule has 0 atom stereocenters.